The summed E-state index contributed by atoms with van der Waals surface area (Å²) < 4.78 is 11.6. The fourth-order valence-electron chi connectivity index (χ4n) is 2.82. The number of amides is 1. The summed E-state index contributed by atoms with van der Waals surface area (Å²) in [7, 11) is 0. The van der Waals surface area contributed by atoms with E-state index in [1.54, 1.807) is 13.8 Å². The van der Waals surface area contributed by atoms with Crippen molar-refractivity contribution < 1.29 is 14.3 Å². The fraction of sp³-hybridized carbons (Fsp3) is 0.933. The topological polar surface area (TPSA) is 64.8 Å². The Morgan fingerprint density at radius 1 is 1.30 bits per heavy atom. The van der Waals surface area contributed by atoms with Crippen LogP contribution in [-0.4, -0.2) is 54.9 Å². The number of nitrogens with two attached hydrogens (primary N) is 1. The molecule has 0 aromatic heterocycles. The molecule has 116 valence electrons. The van der Waals surface area contributed by atoms with Crippen LogP contribution in [0.3, 0.4) is 0 Å². The smallest absolute Gasteiger partial charge is 0.242 e. The van der Waals surface area contributed by atoms with Crippen molar-refractivity contribution in [2.45, 2.75) is 63.7 Å². The van der Waals surface area contributed by atoms with Gasteiger partial charge in [0, 0.05) is 19.7 Å². The molecule has 1 unspecified atom stereocenters. The van der Waals surface area contributed by atoms with E-state index >= 15 is 0 Å². The van der Waals surface area contributed by atoms with Gasteiger partial charge in [-0.3, -0.25) is 4.79 Å². The van der Waals surface area contributed by atoms with Crippen molar-refractivity contribution >= 4 is 5.91 Å². The monoisotopic (exact) mass is 284 g/mol. The molecule has 5 nitrogen and oxygen atoms in total. The minimum absolute atomic E-state index is 0.0339. The van der Waals surface area contributed by atoms with E-state index in [1.807, 2.05) is 4.90 Å². The van der Waals surface area contributed by atoms with Crippen molar-refractivity contribution in [2.24, 2.45) is 5.73 Å². The number of hydrogen-bond acceptors (Lipinski definition) is 4. The zero-order chi connectivity index (χ0) is 14.6. The molecule has 0 aliphatic carbocycles. The Kier molecular flexibility index (Phi) is 5.41. The zero-order valence-corrected chi connectivity index (χ0v) is 12.8. The highest BCUT2D eigenvalue weighted by Gasteiger charge is 2.31. The summed E-state index contributed by atoms with van der Waals surface area (Å²) in [5.41, 5.74) is 5.09. The van der Waals surface area contributed by atoms with Gasteiger partial charge in [-0.2, -0.15) is 0 Å². The number of carbonyl (C=O) groups excluding carboxylic acids is 1. The summed E-state index contributed by atoms with van der Waals surface area (Å²) in [5, 5.41) is 0. The third-order valence-electron chi connectivity index (χ3n) is 4.07. The van der Waals surface area contributed by atoms with Crippen molar-refractivity contribution in [3.8, 4) is 0 Å². The number of nitrogens with zero attached hydrogens (tertiary/aromatic N) is 1. The molecule has 2 N–H and O–H groups in total. The first-order chi connectivity index (χ1) is 9.47. The van der Waals surface area contributed by atoms with Crippen molar-refractivity contribution in [1.82, 2.24) is 4.90 Å². The van der Waals surface area contributed by atoms with Gasteiger partial charge >= 0.3 is 0 Å². The minimum Gasteiger partial charge on any atom is -0.376 e. The second kappa shape index (κ2) is 6.87. The molecule has 0 saturated carbocycles. The molecule has 2 rings (SSSR count). The quantitative estimate of drug-likeness (QED) is 0.845. The number of hydrogen-bond donors (Lipinski definition) is 1. The van der Waals surface area contributed by atoms with Gasteiger partial charge in [-0.1, -0.05) is 0 Å². The lowest BCUT2D eigenvalue weighted by molar-refractivity contribution is -0.139. The van der Waals surface area contributed by atoms with Gasteiger partial charge in [0.15, 0.2) is 0 Å². The van der Waals surface area contributed by atoms with E-state index < -0.39 is 5.54 Å². The minimum atomic E-state index is -0.774. The standard InChI is InChI=1S/C15H28N2O3/c1-15(2,16)14(18)17-8-6-12(7-9-17)20-11-13-5-3-4-10-19-13/h12-13H,3-11,16H2,1-2H3. The molecule has 5 heteroatoms. The Hall–Kier alpha value is -0.650. The molecule has 1 amide bonds. The van der Waals surface area contributed by atoms with Crippen molar-refractivity contribution in [1.29, 1.82) is 0 Å². The highest BCUT2D eigenvalue weighted by Crippen LogP contribution is 2.19. The van der Waals surface area contributed by atoms with E-state index in [0.29, 0.717) is 6.61 Å². The summed E-state index contributed by atoms with van der Waals surface area (Å²) >= 11 is 0. The summed E-state index contributed by atoms with van der Waals surface area (Å²) in [6.45, 7) is 6.58. The maximum Gasteiger partial charge on any atom is 0.242 e. The Morgan fingerprint density at radius 2 is 2.00 bits per heavy atom. The molecule has 1 atom stereocenters. The first-order valence-corrected chi connectivity index (χ1v) is 7.78. The normalized spacial score (nSPS) is 25.8. The Morgan fingerprint density at radius 3 is 2.55 bits per heavy atom. The third kappa shape index (κ3) is 4.43. The molecule has 0 spiro atoms. The zero-order valence-electron chi connectivity index (χ0n) is 12.8. The lowest BCUT2D eigenvalue weighted by Crippen LogP contribution is -2.53. The van der Waals surface area contributed by atoms with Crippen LogP contribution in [0.15, 0.2) is 0 Å². The molecule has 0 bridgehead atoms. The number of carbonyl (C=O) groups is 1. The van der Waals surface area contributed by atoms with E-state index in [4.69, 9.17) is 15.2 Å². The van der Waals surface area contributed by atoms with Gasteiger partial charge in [0.2, 0.25) is 5.91 Å². The maximum atomic E-state index is 12.1. The molecule has 2 fully saturated rings. The van der Waals surface area contributed by atoms with Crippen LogP contribution in [0, 0.1) is 0 Å². The molecular formula is C15H28N2O3. The van der Waals surface area contributed by atoms with Crippen LogP contribution in [-0.2, 0) is 14.3 Å². The highest BCUT2D eigenvalue weighted by molar-refractivity contribution is 5.85. The van der Waals surface area contributed by atoms with Gasteiger partial charge < -0.3 is 20.1 Å². The first kappa shape index (κ1) is 15.7. The number of likely N-dealkylation sites (tertiary alicyclic amines) is 1. The van der Waals surface area contributed by atoms with E-state index in [-0.39, 0.29) is 18.1 Å². The molecule has 0 aromatic rings. The van der Waals surface area contributed by atoms with Crippen LogP contribution in [0.5, 0.6) is 0 Å². The van der Waals surface area contributed by atoms with Gasteiger partial charge in [-0.15, -0.1) is 0 Å². The predicted octanol–water partition coefficient (Wildman–Crippen LogP) is 1.30. The average Bonchev–Trinajstić information content (AvgIpc) is 2.45. The van der Waals surface area contributed by atoms with E-state index in [0.717, 1.165) is 39.0 Å². The Labute approximate surface area is 121 Å². The maximum absolute atomic E-state index is 12.1. The summed E-state index contributed by atoms with van der Waals surface area (Å²) in [4.78, 5) is 13.9. The SMILES string of the molecule is CC(C)(N)C(=O)N1CCC(OCC2CCCCO2)CC1. The largest absolute Gasteiger partial charge is 0.376 e. The molecule has 0 aromatic carbocycles. The number of piperidine rings is 1. The van der Waals surface area contributed by atoms with Crippen LogP contribution in [0.1, 0.15) is 46.0 Å². The van der Waals surface area contributed by atoms with Crippen molar-refractivity contribution in [3.63, 3.8) is 0 Å². The first-order valence-electron chi connectivity index (χ1n) is 7.78. The second-order valence-corrected chi connectivity index (χ2v) is 6.54. The van der Waals surface area contributed by atoms with Crippen molar-refractivity contribution in [3.05, 3.63) is 0 Å². The summed E-state index contributed by atoms with van der Waals surface area (Å²) in [6.07, 6.45) is 5.84. The molecule has 2 heterocycles. The Balaban J connectivity index is 1.67. The second-order valence-electron chi connectivity index (χ2n) is 6.54. The van der Waals surface area contributed by atoms with Gasteiger partial charge in [0.05, 0.1) is 24.4 Å². The van der Waals surface area contributed by atoms with Crippen LogP contribution < -0.4 is 5.73 Å². The van der Waals surface area contributed by atoms with E-state index in [9.17, 15) is 4.79 Å². The van der Waals surface area contributed by atoms with Gasteiger partial charge in [-0.05, 0) is 46.0 Å². The lowest BCUT2D eigenvalue weighted by Gasteiger charge is -2.36. The average molecular weight is 284 g/mol. The van der Waals surface area contributed by atoms with Gasteiger partial charge in [0.25, 0.3) is 0 Å². The van der Waals surface area contributed by atoms with E-state index in [2.05, 4.69) is 0 Å². The summed E-state index contributed by atoms with van der Waals surface area (Å²) in [5.74, 6) is 0.0339. The Bertz CT molecular complexity index is 314. The van der Waals surface area contributed by atoms with Crippen LogP contribution in [0.25, 0.3) is 0 Å². The molecule has 0 radical (unpaired) electrons. The third-order valence-corrected chi connectivity index (χ3v) is 4.07. The number of rotatable bonds is 4. The van der Waals surface area contributed by atoms with Gasteiger partial charge in [0.1, 0.15) is 0 Å². The molecule has 20 heavy (non-hydrogen) atoms. The van der Waals surface area contributed by atoms with Crippen molar-refractivity contribution in [2.75, 3.05) is 26.3 Å². The predicted molar refractivity (Wildman–Crippen MR) is 77.4 cm³/mol. The summed E-state index contributed by atoms with van der Waals surface area (Å²) in [6, 6.07) is 0. The fourth-order valence-corrected chi connectivity index (χ4v) is 2.82. The molecule has 2 aliphatic heterocycles. The number of ether oxygens (including phenoxy) is 2. The molecule has 2 saturated heterocycles. The molecule has 2 aliphatic rings. The van der Waals surface area contributed by atoms with Crippen LogP contribution in [0.4, 0.5) is 0 Å². The lowest BCUT2D eigenvalue weighted by atomic mass is 10.0. The van der Waals surface area contributed by atoms with Crippen LogP contribution in [0.2, 0.25) is 0 Å². The molecular weight excluding hydrogens is 256 g/mol. The van der Waals surface area contributed by atoms with Crippen LogP contribution >= 0.6 is 0 Å². The van der Waals surface area contributed by atoms with E-state index in [1.165, 1.54) is 12.8 Å². The highest BCUT2D eigenvalue weighted by atomic mass is 16.5. The van der Waals surface area contributed by atoms with Gasteiger partial charge in [-0.25, -0.2) is 0 Å².